The lowest BCUT2D eigenvalue weighted by molar-refractivity contribution is -0.120. The zero-order valence-electron chi connectivity index (χ0n) is 18.3. The third-order valence-corrected chi connectivity index (χ3v) is 7.21. The SMILES string of the molecule is O=C(Nc1nc(CSc2nc3ccccc3[nH]2)cs1)[C@@H]1CCCN1C(=O)OCc1ccccc1. The number of hydrogen-bond acceptors (Lipinski definition) is 7. The number of carbonyl (C=O) groups excluding carboxylic acids is 2. The van der Waals surface area contributed by atoms with Crippen LogP contribution in [0, 0.1) is 0 Å². The van der Waals surface area contributed by atoms with E-state index in [1.807, 2.05) is 60.0 Å². The first-order chi connectivity index (χ1) is 16.7. The van der Waals surface area contributed by atoms with Gasteiger partial charge in [-0.15, -0.1) is 11.3 Å². The Kier molecular flexibility index (Phi) is 6.77. The number of fused-ring (bicyclic) bond motifs is 1. The number of carbonyl (C=O) groups is 2. The molecule has 0 saturated carbocycles. The predicted molar refractivity (Wildman–Crippen MR) is 133 cm³/mol. The van der Waals surface area contributed by atoms with Crippen molar-refractivity contribution in [3.63, 3.8) is 0 Å². The van der Waals surface area contributed by atoms with Crippen LogP contribution in [0.5, 0.6) is 0 Å². The maximum absolute atomic E-state index is 12.9. The van der Waals surface area contributed by atoms with E-state index >= 15 is 0 Å². The van der Waals surface area contributed by atoms with E-state index in [0.29, 0.717) is 23.8 Å². The monoisotopic (exact) mass is 493 g/mol. The molecule has 1 aliphatic heterocycles. The number of anilines is 1. The molecule has 0 spiro atoms. The van der Waals surface area contributed by atoms with E-state index in [1.165, 1.54) is 16.2 Å². The van der Waals surface area contributed by atoms with Crippen LogP contribution in [-0.2, 0) is 21.9 Å². The average molecular weight is 494 g/mol. The molecule has 2 N–H and O–H groups in total. The fourth-order valence-electron chi connectivity index (χ4n) is 3.82. The molecular weight excluding hydrogens is 470 g/mol. The highest BCUT2D eigenvalue weighted by Gasteiger charge is 2.35. The van der Waals surface area contributed by atoms with Gasteiger partial charge in [-0.05, 0) is 30.5 Å². The van der Waals surface area contributed by atoms with Gasteiger partial charge in [0.15, 0.2) is 10.3 Å². The first kappa shape index (κ1) is 22.4. The molecule has 4 aromatic rings. The van der Waals surface area contributed by atoms with E-state index in [1.54, 1.807) is 11.8 Å². The Morgan fingerprint density at radius 3 is 2.82 bits per heavy atom. The molecule has 34 heavy (non-hydrogen) atoms. The Hall–Kier alpha value is -3.37. The minimum absolute atomic E-state index is 0.184. The first-order valence-corrected chi connectivity index (χ1v) is 12.8. The molecule has 1 fully saturated rings. The number of benzene rings is 2. The highest BCUT2D eigenvalue weighted by atomic mass is 32.2. The summed E-state index contributed by atoms with van der Waals surface area (Å²) in [5, 5.41) is 6.14. The summed E-state index contributed by atoms with van der Waals surface area (Å²) < 4.78 is 5.42. The summed E-state index contributed by atoms with van der Waals surface area (Å²) in [7, 11) is 0. The van der Waals surface area contributed by atoms with Crippen molar-refractivity contribution in [2.75, 3.05) is 11.9 Å². The van der Waals surface area contributed by atoms with Gasteiger partial charge in [0.25, 0.3) is 0 Å². The Balaban J connectivity index is 1.14. The standard InChI is InChI=1S/C24H23N5O3S2/c30-21(20-11-6-12-29(20)24(31)32-13-16-7-2-1-3-8-16)28-22-25-17(14-33-22)15-34-23-26-18-9-4-5-10-19(18)27-23/h1-5,7-10,14,20H,6,11-13,15H2,(H,26,27)(H,25,28,30)/t20-/m0/s1. The van der Waals surface area contributed by atoms with E-state index in [4.69, 9.17) is 4.74 Å². The molecule has 2 aromatic heterocycles. The number of H-pyrrole nitrogens is 1. The van der Waals surface area contributed by atoms with E-state index in [2.05, 4.69) is 20.3 Å². The Morgan fingerprint density at radius 2 is 1.97 bits per heavy atom. The molecule has 2 amide bonds. The zero-order valence-corrected chi connectivity index (χ0v) is 19.9. The number of thiazole rings is 1. The molecule has 0 radical (unpaired) electrons. The molecule has 1 atom stereocenters. The van der Waals surface area contributed by atoms with Gasteiger partial charge in [-0.3, -0.25) is 9.69 Å². The van der Waals surface area contributed by atoms with Gasteiger partial charge >= 0.3 is 6.09 Å². The molecule has 5 rings (SSSR count). The maximum atomic E-state index is 12.9. The number of aromatic amines is 1. The number of nitrogens with one attached hydrogen (secondary N) is 2. The summed E-state index contributed by atoms with van der Waals surface area (Å²) >= 11 is 2.93. The smallest absolute Gasteiger partial charge is 0.410 e. The maximum Gasteiger partial charge on any atom is 0.410 e. The van der Waals surface area contributed by atoms with Gasteiger partial charge in [0, 0.05) is 17.7 Å². The zero-order chi connectivity index (χ0) is 23.3. The van der Waals surface area contributed by atoms with Crippen molar-refractivity contribution in [1.82, 2.24) is 19.9 Å². The summed E-state index contributed by atoms with van der Waals surface area (Å²) in [6, 6.07) is 16.8. The van der Waals surface area contributed by atoms with Gasteiger partial charge in [-0.25, -0.2) is 14.8 Å². The number of likely N-dealkylation sites (tertiary alicyclic amines) is 1. The fraction of sp³-hybridized carbons (Fsp3) is 0.250. The van der Waals surface area contributed by atoms with Crippen LogP contribution in [-0.4, -0.2) is 44.4 Å². The average Bonchev–Trinajstić information content (AvgIpc) is 3.61. The number of para-hydroxylation sites is 2. The lowest BCUT2D eigenvalue weighted by atomic mass is 10.2. The molecule has 1 aliphatic rings. The second kappa shape index (κ2) is 10.3. The van der Waals surface area contributed by atoms with Crippen LogP contribution >= 0.6 is 23.1 Å². The first-order valence-electron chi connectivity index (χ1n) is 11.0. The minimum atomic E-state index is -0.555. The number of aromatic nitrogens is 3. The third kappa shape index (κ3) is 5.23. The van der Waals surface area contributed by atoms with E-state index in [0.717, 1.165) is 33.9 Å². The third-order valence-electron chi connectivity index (χ3n) is 5.50. The Bertz CT molecular complexity index is 1260. The summed E-state index contributed by atoms with van der Waals surface area (Å²) in [5.74, 6) is 0.396. The summed E-state index contributed by atoms with van der Waals surface area (Å²) in [4.78, 5) is 39.3. The molecule has 0 unspecified atom stereocenters. The van der Waals surface area contributed by atoms with Crippen LogP contribution in [0.1, 0.15) is 24.1 Å². The van der Waals surface area contributed by atoms with Gasteiger partial charge in [0.1, 0.15) is 12.6 Å². The molecule has 0 bridgehead atoms. The molecule has 0 aliphatic carbocycles. The number of imidazole rings is 1. The molecule has 8 nitrogen and oxygen atoms in total. The van der Waals surface area contributed by atoms with Crippen LogP contribution in [0.2, 0.25) is 0 Å². The van der Waals surface area contributed by atoms with Crippen molar-refractivity contribution < 1.29 is 14.3 Å². The summed E-state index contributed by atoms with van der Waals surface area (Å²) in [5.41, 5.74) is 3.70. The second-order valence-electron chi connectivity index (χ2n) is 7.87. The van der Waals surface area contributed by atoms with Crippen molar-refractivity contribution in [2.24, 2.45) is 0 Å². The Morgan fingerprint density at radius 1 is 1.15 bits per heavy atom. The van der Waals surface area contributed by atoms with Crippen molar-refractivity contribution in [3.8, 4) is 0 Å². The Labute approximate surface area is 204 Å². The van der Waals surface area contributed by atoms with Crippen LogP contribution in [0.25, 0.3) is 11.0 Å². The highest BCUT2D eigenvalue weighted by molar-refractivity contribution is 7.98. The summed E-state index contributed by atoms with van der Waals surface area (Å²) in [6.45, 7) is 0.687. The number of hydrogen-bond donors (Lipinski definition) is 2. The number of thioether (sulfide) groups is 1. The van der Waals surface area contributed by atoms with E-state index in [-0.39, 0.29) is 12.5 Å². The highest BCUT2D eigenvalue weighted by Crippen LogP contribution is 2.26. The topological polar surface area (TPSA) is 100 Å². The van der Waals surface area contributed by atoms with Crippen LogP contribution < -0.4 is 5.32 Å². The van der Waals surface area contributed by atoms with E-state index in [9.17, 15) is 9.59 Å². The van der Waals surface area contributed by atoms with Crippen LogP contribution in [0.4, 0.5) is 9.93 Å². The van der Waals surface area contributed by atoms with Gasteiger partial charge in [-0.1, -0.05) is 54.2 Å². The van der Waals surface area contributed by atoms with Crippen molar-refractivity contribution in [1.29, 1.82) is 0 Å². The lowest BCUT2D eigenvalue weighted by Gasteiger charge is -2.22. The minimum Gasteiger partial charge on any atom is -0.445 e. The quantitative estimate of drug-likeness (QED) is 0.350. The van der Waals surface area contributed by atoms with Crippen LogP contribution in [0.15, 0.2) is 65.1 Å². The molecule has 10 heteroatoms. The van der Waals surface area contributed by atoms with Gasteiger partial charge in [0.05, 0.1) is 16.7 Å². The van der Waals surface area contributed by atoms with Crippen LogP contribution in [0.3, 0.4) is 0 Å². The van der Waals surface area contributed by atoms with Gasteiger partial charge < -0.3 is 15.0 Å². The lowest BCUT2D eigenvalue weighted by Crippen LogP contribution is -2.43. The summed E-state index contributed by atoms with van der Waals surface area (Å²) in [6.07, 6.45) is 0.894. The van der Waals surface area contributed by atoms with Crippen molar-refractivity contribution >= 4 is 51.3 Å². The van der Waals surface area contributed by atoms with Gasteiger partial charge in [-0.2, -0.15) is 0 Å². The largest absolute Gasteiger partial charge is 0.445 e. The number of rotatable bonds is 7. The number of nitrogens with zero attached hydrogens (tertiary/aromatic N) is 3. The van der Waals surface area contributed by atoms with Crippen molar-refractivity contribution in [3.05, 3.63) is 71.2 Å². The molecule has 174 valence electrons. The molecule has 1 saturated heterocycles. The van der Waals surface area contributed by atoms with Crippen molar-refractivity contribution in [2.45, 2.75) is 36.4 Å². The van der Waals surface area contributed by atoms with E-state index < -0.39 is 12.1 Å². The molecule has 3 heterocycles. The second-order valence-corrected chi connectivity index (χ2v) is 9.69. The number of ether oxygens (including phenoxy) is 1. The predicted octanol–water partition coefficient (Wildman–Crippen LogP) is 5.05. The normalized spacial score (nSPS) is 15.5. The molecular formula is C24H23N5O3S2. The molecule has 2 aromatic carbocycles. The van der Waals surface area contributed by atoms with Gasteiger partial charge in [0.2, 0.25) is 5.91 Å². The fourth-order valence-corrected chi connectivity index (χ4v) is 5.42. The number of amides is 2.